The summed E-state index contributed by atoms with van der Waals surface area (Å²) >= 11 is 3.40. The topological polar surface area (TPSA) is 33.1 Å². The van der Waals surface area contributed by atoms with Crippen molar-refractivity contribution in [1.29, 1.82) is 0 Å². The van der Waals surface area contributed by atoms with Crippen LogP contribution in [0, 0.1) is 11.6 Å². The van der Waals surface area contributed by atoms with Gasteiger partial charge in [-0.3, -0.25) is 4.68 Å². The van der Waals surface area contributed by atoms with E-state index >= 15 is 0 Å². The zero-order valence-electron chi connectivity index (χ0n) is 13.7. The van der Waals surface area contributed by atoms with Gasteiger partial charge in [0.05, 0.1) is 11.4 Å². The third-order valence-corrected chi connectivity index (χ3v) is 5.00. The largest absolute Gasteiger partial charge is 0.369 e. The fraction of sp³-hybridized carbons (Fsp3) is 0.471. The molecule has 24 heavy (non-hydrogen) atoms. The highest BCUT2D eigenvalue weighted by Crippen LogP contribution is 2.34. The first-order chi connectivity index (χ1) is 11.6. The minimum Gasteiger partial charge on any atom is -0.369 e. The molecule has 0 atom stereocenters. The van der Waals surface area contributed by atoms with Crippen molar-refractivity contribution < 1.29 is 8.78 Å². The Balaban J connectivity index is 1.81. The van der Waals surface area contributed by atoms with Crippen LogP contribution in [-0.4, -0.2) is 22.9 Å². The molecule has 1 fully saturated rings. The van der Waals surface area contributed by atoms with Gasteiger partial charge in [-0.2, -0.15) is 5.10 Å². The van der Waals surface area contributed by atoms with Gasteiger partial charge in [0, 0.05) is 49.5 Å². The molecule has 0 bridgehead atoms. The lowest BCUT2D eigenvalue weighted by atomic mass is 10.1. The van der Waals surface area contributed by atoms with Gasteiger partial charge < -0.3 is 10.2 Å². The molecule has 0 amide bonds. The van der Waals surface area contributed by atoms with Crippen molar-refractivity contribution in [3.8, 4) is 0 Å². The first kappa shape index (κ1) is 17.4. The second kappa shape index (κ2) is 7.61. The zero-order valence-corrected chi connectivity index (χ0v) is 15.2. The van der Waals surface area contributed by atoms with E-state index in [1.165, 1.54) is 6.07 Å². The van der Waals surface area contributed by atoms with E-state index in [-0.39, 0.29) is 0 Å². The molecule has 1 aliphatic heterocycles. The number of hydrogen-bond donors (Lipinski definition) is 1. The number of nitrogens with zero attached hydrogens (tertiary/aromatic N) is 3. The highest BCUT2D eigenvalue weighted by Gasteiger charge is 2.23. The van der Waals surface area contributed by atoms with Gasteiger partial charge >= 0.3 is 0 Å². The van der Waals surface area contributed by atoms with Crippen LogP contribution < -0.4 is 10.2 Å². The quantitative estimate of drug-likeness (QED) is 0.778. The third-order valence-electron chi connectivity index (χ3n) is 4.29. The fourth-order valence-corrected chi connectivity index (χ4v) is 3.64. The van der Waals surface area contributed by atoms with Gasteiger partial charge in [0.2, 0.25) is 0 Å². The van der Waals surface area contributed by atoms with Crippen molar-refractivity contribution in [2.24, 2.45) is 7.05 Å². The lowest BCUT2D eigenvalue weighted by Gasteiger charge is -2.31. The van der Waals surface area contributed by atoms with Crippen molar-refractivity contribution >= 4 is 21.6 Å². The van der Waals surface area contributed by atoms with E-state index in [0.29, 0.717) is 23.2 Å². The molecule has 0 unspecified atom stereocenters. The standard InChI is InChI=1S/C17H21BrF2N4/c1-23-8-5-12(22-23)10-21-11-13-14(18)9-15(19)16(20)17(13)24-6-3-2-4-7-24/h5,8-9,21H,2-4,6-7,10-11H2,1H3. The molecule has 0 spiro atoms. The van der Waals surface area contributed by atoms with Gasteiger partial charge in [0.1, 0.15) is 0 Å². The molecule has 1 aromatic carbocycles. The van der Waals surface area contributed by atoms with Crippen LogP contribution in [0.5, 0.6) is 0 Å². The van der Waals surface area contributed by atoms with E-state index in [1.54, 1.807) is 4.68 Å². The summed E-state index contributed by atoms with van der Waals surface area (Å²) in [6.07, 6.45) is 5.04. The Bertz CT molecular complexity index is 711. The first-order valence-corrected chi connectivity index (χ1v) is 8.96. The van der Waals surface area contributed by atoms with E-state index in [9.17, 15) is 8.78 Å². The second-order valence-electron chi connectivity index (χ2n) is 6.11. The molecule has 7 heteroatoms. The molecule has 1 aliphatic rings. The Hall–Kier alpha value is -1.47. The average Bonchev–Trinajstić information content (AvgIpc) is 2.98. The SMILES string of the molecule is Cn1ccc(CNCc2c(Br)cc(F)c(F)c2N2CCCCC2)n1. The summed E-state index contributed by atoms with van der Waals surface area (Å²) in [6, 6.07) is 3.14. The van der Waals surface area contributed by atoms with Gasteiger partial charge in [0.25, 0.3) is 0 Å². The van der Waals surface area contributed by atoms with Crippen LogP contribution in [0.25, 0.3) is 0 Å². The lowest BCUT2D eigenvalue weighted by molar-refractivity contribution is 0.492. The normalized spacial score (nSPS) is 15.1. The summed E-state index contributed by atoms with van der Waals surface area (Å²) in [4.78, 5) is 1.96. The molecule has 0 saturated carbocycles. The summed E-state index contributed by atoms with van der Waals surface area (Å²) < 4.78 is 30.7. The monoisotopic (exact) mass is 398 g/mol. The van der Waals surface area contributed by atoms with Crippen molar-refractivity contribution in [3.63, 3.8) is 0 Å². The van der Waals surface area contributed by atoms with Gasteiger partial charge in [-0.15, -0.1) is 0 Å². The van der Waals surface area contributed by atoms with E-state index in [1.807, 2.05) is 24.2 Å². The van der Waals surface area contributed by atoms with E-state index in [0.717, 1.165) is 43.6 Å². The molecule has 0 radical (unpaired) electrons. The molecular weight excluding hydrogens is 378 g/mol. The number of piperidine rings is 1. The molecule has 130 valence electrons. The summed E-state index contributed by atoms with van der Waals surface area (Å²) in [5.74, 6) is -1.56. The fourth-order valence-electron chi connectivity index (χ4n) is 3.11. The first-order valence-electron chi connectivity index (χ1n) is 8.17. The number of aromatic nitrogens is 2. The summed E-state index contributed by atoms with van der Waals surface area (Å²) in [5, 5.41) is 7.58. The predicted molar refractivity (Wildman–Crippen MR) is 93.9 cm³/mol. The highest BCUT2D eigenvalue weighted by molar-refractivity contribution is 9.10. The minimum atomic E-state index is -0.809. The number of hydrogen-bond acceptors (Lipinski definition) is 3. The van der Waals surface area contributed by atoms with Crippen LogP contribution in [0.3, 0.4) is 0 Å². The van der Waals surface area contributed by atoms with E-state index in [4.69, 9.17) is 0 Å². The Kier molecular flexibility index (Phi) is 5.50. The predicted octanol–water partition coefficient (Wildman–Crippen LogP) is 3.74. The number of benzene rings is 1. The van der Waals surface area contributed by atoms with Crippen LogP contribution in [0.1, 0.15) is 30.5 Å². The second-order valence-corrected chi connectivity index (χ2v) is 6.97. The maximum Gasteiger partial charge on any atom is 0.182 e. The lowest BCUT2D eigenvalue weighted by Crippen LogP contribution is -2.32. The van der Waals surface area contributed by atoms with Crippen molar-refractivity contribution in [1.82, 2.24) is 15.1 Å². The Morgan fingerprint density at radius 1 is 1.21 bits per heavy atom. The number of halogens is 3. The number of aryl methyl sites for hydroxylation is 1. The Labute approximate surface area is 149 Å². The number of rotatable bonds is 5. The van der Waals surface area contributed by atoms with E-state index < -0.39 is 11.6 Å². The van der Waals surface area contributed by atoms with Crippen LogP contribution in [-0.2, 0) is 20.1 Å². The minimum absolute atomic E-state index is 0.384. The molecular formula is C17H21BrF2N4. The maximum absolute atomic E-state index is 14.5. The van der Waals surface area contributed by atoms with Gasteiger partial charge in [-0.05, 0) is 31.4 Å². The Morgan fingerprint density at radius 3 is 2.62 bits per heavy atom. The average molecular weight is 399 g/mol. The van der Waals surface area contributed by atoms with Crippen LogP contribution >= 0.6 is 15.9 Å². The van der Waals surface area contributed by atoms with Crippen LogP contribution in [0.15, 0.2) is 22.8 Å². The summed E-state index contributed by atoms with van der Waals surface area (Å²) in [5.41, 5.74) is 2.05. The highest BCUT2D eigenvalue weighted by atomic mass is 79.9. The Morgan fingerprint density at radius 2 is 1.96 bits per heavy atom. The molecule has 2 aromatic rings. The molecule has 3 rings (SSSR count). The summed E-state index contributed by atoms with van der Waals surface area (Å²) in [7, 11) is 1.86. The van der Waals surface area contributed by atoms with Crippen molar-refractivity contribution in [2.75, 3.05) is 18.0 Å². The molecule has 1 N–H and O–H groups in total. The van der Waals surface area contributed by atoms with Gasteiger partial charge in [-0.25, -0.2) is 8.78 Å². The summed E-state index contributed by atoms with van der Waals surface area (Å²) in [6.45, 7) is 2.55. The zero-order chi connectivity index (χ0) is 17.1. The molecule has 0 aliphatic carbocycles. The molecule has 1 saturated heterocycles. The van der Waals surface area contributed by atoms with Crippen molar-refractivity contribution in [2.45, 2.75) is 32.4 Å². The van der Waals surface area contributed by atoms with Gasteiger partial charge in [-0.1, -0.05) is 15.9 Å². The van der Waals surface area contributed by atoms with Gasteiger partial charge in [0.15, 0.2) is 11.6 Å². The van der Waals surface area contributed by atoms with Crippen LogP contribution in [0.2, 0.25) is 0 Å². The van der Waals surface area contributed by atoms with E-state index in [2.05, 4.69) is 26.3 Å². The number of anilines is 1. The molecule has 4 nitrogen and oxygen atoms in total. The van der Waals surface area contributed by atoms with Crippen LogP contribution in [0.4, 0.5) is 14.5 Å². The maximum atomic E-state index is 14.5. The smallest absolute Gasteiger partial charge is 0.182 e. The third kappa shape index (κ3) is 3.78. The molecule has 2 heterocycles. The van der Waals surface area contributed by atoms with Crippen molar-refractivity contribution in [3.05, 3.63) is 45.7 Å². The molecule has 1 aromatic heterocycles. The number of nitrogens with one attached hydrogen (secondary N) is 1.